The molecule has 0 unspecified atom stereocenters. The molecule has 0 radical (unpaired) electrons. The maximum absolute atomic E-state index is 11.6. The van der Waals surface area contributed by atoms with Crippen molar-refractivity contribution in [3.63, 3.8) is 0 Å². The Bertz CT molecular complexity index is 587. The third kappa shape index (κ3) is 6.90. The lowest BCUT2D eigenvalue weighted by atomic mass is 10.3. The molecule has 8 heteroatoms. The maximum atomic E-state index is 11.6. The molecule has 0 saturated heterocycles. The number of benzene rings is 1. The summed E-state index contributed by atoms with van der Waals surface area (Å²) in [5, 5.41) is 5.77. The monoisotopic (exact) mass is 360 g/mol. The van der Waals surface area contributed by atoms with Crippen LogP contribution < -0.4 is 15.4 Å². The van der Waals surface area contributed by atoms with Gasteiger partial charge in [0.1, 0.15) is 18.2 Å². The lowest BCUT2D eigenvalue weighted by molar-refractivity contribution is -0.116. The first-order chi connectivity index (χ1) is 10.2. The molecule has 0 atom stereocenters. The first kappa shape index (κ1) is 21.2. The number of hydrogen-bond donors (Lipinski definition) is 2. The predicted molar refractivity (Wildman–Crippen MR) is 95.7 cm³/mol. The Morgan fingerprint density at radius 3 is 2.52 bits per heavy atom. The van der Waals surface area contributed by atoms with Gasteiger partial charge < -0.3 is 19.9 Å². The Balaban J connectivity index is 0.00000242. The van der Waals surface area contributed by atoms with Crippen LogP contribution in [-0.2, 0) is 18.4 Å². The summed E-state index contributed by atoms with van der Waals surface area (Å²) in [5.74, 6) is 1.59. The van der Waals surface area contributed by atoms with E-state index in [1.54, 1.807) is 6.20 Å². The summed E-state index contributed by atoms with van der Waals surface area (Å²) in [6, 6.07) is 7.31. The van der Waals surface area contributed by atoms with Crippen LogP contribution in [0.5, 0.6) is 5.75 Å². The lowest BCUT2D eigenvalue weighted by Gasteiger charge is -2.08. The third-order valence-electron chi connectivity index (χ3n) is 3.03. The zero-order valence-corrected chi connectivity index (χ0v) is 14.7. The van der Waals surface area contributed by atoms with Crippen molar-refractivity contribution in [2.45, 2.75) is 13.0 Å². The van der Waals surface area contributed by atoms with E-state index in [0.29, 0.717) is 19.6 Å². The van der Waals surface area contributed by atoms with E-state index >= 15 is 0 Å². The molecule has 0 aliphatic heterocycles. The van der Waals surface area contributed by atoms with E-state index in [-0.39, 0.29) is 30.7 Å². The molecule has 0 spiro atoms. The van der Waals surface area contributed by atoms with E-state index in [2.05, 4.69) is 15.6 Å². The number of aromatic nitrogens is 2. The molecule has 0 saturated carbocycles. The Labute approximate surface area is 148 Å². The smallest absolute Gasteiger partial charge is 0.225 e. The summed E-state index contributed by atoms with van der Waals surface area (Å²) in [5.41, 5.74) is 0.764. The van der Waals surface area contributed by atoms with Gasteiger partial charge in [-0.1, -0.05) is 0 Å². The molecule has 1 amide bonds. The second-order valence-corrected chi connectivity index (χ2v) is 4.67. The number of halogens is 2. The molecule has 128 valence electrons. The van der Waals surface area contributed by atoms with Crippen LogP contribution >= 0.6 is 24.8 Å². The molecule has 0 aliphatic carbocycles. The minimum absolute atomic E-state index is 0. The number of carbonyl (C=O) groups excluding carboxylic acids is 1. The first-order valence-electron chi connectivity index (χ1n) is 6.82. The zero-order chi connectivity index (χ0) is 15.1. The second kappa shape index (κ2) is 10.9. The van der Waals surface area contributed by atoms with E-state index in [9.17, 15) is 4.79 Å². The number of rotatable bonds is 7. The molecule has 23 heavy (non-hydrogen) atoms. The van der Waals surface area contributed by atoms with Gasteiger partial charge >= 0.3 is 0 Å². The standard InChI is InChI=1S/C15H20N4O2.2ClH/c1-16-8-7-15(20)18-12-3-5-13(6-4-12)21-11-14-17-9-10-19(14)2;;/h3-6,9-10,16H,7-8,11H2,1-2H3,(H,18,20);2*1H. The highest BCUT2D eigenvalue weighted by atomic mass is 35.5. The number of carbonyl (C=O) groups is 1. The topological polar surface area (TPSA) is 68.2 Å². The highest BCUT2D eigenvalue weighted by molar-refractivity contribution is 5.90. The highest BCUT2D eigenvalue weighted by Crippen LogP contribution is 2.16. The second-order valence-electron chi connectivity index (χ2n) is 4.67. The van der Waals surface area contributed by atoms with Crippen molar-refractivity contribution in [2.75, 3.05) is 18.9 Å². The fourth-order valence-electron chi connectivity index (χ4n) is 1.78. The maximum Gasteiger partial charge on any atom is 0.225 e. The van der Waals surface area contributed by atoms with Gasteiger partial charge in [0.25, 0.3) is 0 Å². The van der Waals surface area contributed by atoms with Gasteiger partial charge in [0.15, 0.2) is 0 Å². The van der Waals surface area contributed by atoms with E-state index < -0.39 is 0 Å². The van der Waals surface area contributed by atoms with Crippen LogP contribution in [0.4, 0.5) is 5.69 Å². The average Bonchev–Trinajstić information content (AvgIpc) is 2.90. The van der Waals surface area contributed by atoms with Crippen molar-refractivity contribution in [3.8, 4) is 5.75 Å². The minimum Gasteiger partial charge on any atom is -0.486 e. The molecule has 1 aromatic carbocycles. The van der Waals surface area contributed by atoms with Crippen LogP contribution in [0, 0.1) is 0 Å². The van der Waals surface area contributed by atoms with Crippen molar-refractivity contribution >= 4 is 36.4 Å². The van der Waals surface area contributed by atoms with Crippen LogP contribution in [0.3, 0.4) is 0 Å². The third-order valence-corrected chi connectivity index (χ3v) is 3.03. The summed E-state index contributed by atoms with van der Waals surface area (Å²) in [7, 11) is 3.75. The Morgan fingerprint density at radius 2 is 1.96 bits per heavy atom. The molecule has 1 aromatic heterocycles. The molecular formula is C15H22Cl2N4O2. The largest absolute Gasteiger partial charge is 0.486 e. The first-order valence-corrected chi connectivity index (χ1v) is 6.82. The van der Waals surface area contributed by atoms with Crippen molar-refractivity contribution < 1.29 is 9.53 Å². The van der Waals surface area contributed by atoms with Crippen LogP contribution in [-0.4, -0.2) is 29.1 Å². The van der Waals surface area contributed by atoms with E-state index in [1.807, 2.05) is 49.1 Å². The lowest BCUT2D eigenvalue weighted by Crippen LogP contribution is -2.18. The van der Waals surface area contributed by atoms with Crippen molar-refractivity contribution in [2.24, 2.45) is 7.05 Å². The normalized spacial score (nSPS) is 9.48. The fraction of sp³-hybridized carbons (Fsp3) is 0.333. The predicted octanol–water partition coefficient (Wildman–Crippen LogP) is 2.39. The van der Waals surface area contributed by atoms with E-state index in [1.165, 1.54) is 0 Å². The Morgan fingerprint density at radius 1 is 1.26 bits per heavy atom. The molecule has 0 bridgehead atoms. The average molecular weight is 361 g/mol. The van der Waals surface area contributed by atoms with Gasteiger partial charge in [-0.15, -0.1) is 24.8 Å². The van der Waals surface area contributed by atoms with E-state index in [4.69, 9.17) is 4.74 Å². The van der Waals surface area contributed by atoms with Gasteiger partial charge in [-0.05, 0) is 31.3 Å². The number of nitrogens with one attached hydrogen (secondary N) is 2. The fourth-order valence-corrected chi connectivity index (χ4v) is 1.78. The van der Waals surface area contributed by atoms with Crippen LogP contribution in [0.2, 0.25) is 0 Å². The summed E-state index contributed by atoms with van der Waals surface area (Å²) in [4.78, 5) is 15.8. The van der Waals surface area contributed by atoms with Gasteiger partial charge in [-0.2, -0.15) is 0 Å². The quantitative estimate of drug-likeness (QED) is 0.795. The molecule has 1 heterocycles. The molecule has 6 nitrogen and oxygen atoms in total. The van der Waals surface area contributed by atoms with Crippen molar-refractivity contribution in [1.82, 2.24) is 14.9 Å². The molecule has 2 rings (SSSR count). The number of nitrogens with zero attached hydrogens (tertiary/aromatic N) is 2. The minimum atomic E-state index is -0.00831. The number of ether oxygens (including phenoxy) is 1. The van der Waals surface area contributed by atoms with Gasteiger partial charge in [0, 0.05) is 38.1 Å². The van der Waals surface area contributed by atoms with Crippen molar-refractivity contribution in [1.29, 1.82) is 0 Å². The summed E-state index contributed by atoms with van der Waals surface area (Å²) < 4.78 is 7.56. The molecule has 2 N–H and O–H groups in total. The SMILES string of the molecule is CNCCC(=O)Nc1ccc(OCc2nccn2C)cc1.Cl.Cl. The van der Waals surface area contributed by atoms with Crippen LogP contribution in [0.1, 0.15) is 12.2 Å². The van der Waals surface area contributed by atoms with Crippen LogP contribution in [0.25, 0.3) is 0 Å². The van der Waals surface area contributed by atoms with Crippen molar-refractivity contribution in [3.05, 3.63) is 42.5 Å². The van der Waals surface area contributed by atoms with Gasteiger partial charge in [0.05, 0.1) is 0 Å². The molecule has 2 aromatic rings. The number of aryl methyl sites for hydroxylation is 1. The summed E-state index contributed by atoms with van der Waals surface area (Å²) in [6.07, 6.45) is 4.07. The number of imidazole rings is 1. The number of amides is 1. The molecular weight excluding hydrogens is 339 g/mol. The van der Waals surface area contributed by atoms with Gasteiger partial charge in [-0.25, -0.2) is 4.98 Å². The van der Waals surface area contributed by atoms with Gasteiger partial charge in [0.2, 0.25) is 5.91 Å². The Kier molecular flexibility index (Phi) is 10.0. The summed E-state index contributed by atoms with van der Waals surface area (Å²) in [6.45, 7) is 1.08. The highest BCUT2D eigenvalue weighted by Gasteiger charge is 2.03. The van der Waals surface area contributed by atoms with Gasteiger partial charge in [-0.3, -0.25) is 4.79 Å². The number of anilines is 1. The van der Waals surface area contributed by atoms with Crippen LogP contribution in [0.15, 0.2) is 36.7 Å². The zero-order valence-electron chi connectivity index (χ0n) is 13.1. The number of hydrogen-bond acceptors (Lipinski definition) is 4. The Hall–Kier alpha value is -1.76. The molecule has 0 aliphatic rings. The summed E-state index contributed by atoms with van der Waals surface area (Å²) >= 11 is 0. The molecule has 0 fully saturated rings. The van der Waals surface area contributed by atoms with E-state index in [0.717, 1.165) is 17.3 Å².